The van der Waals surface area contributed by atoms with E-state index >= 15 is 0 Å². The standard InChI is InChI=1S/C18H14BrF3N2O3/c1-27-12-8-6-11(7-9-12)15-10-17(26,18(20,21)22)24(23-15)16(25)13-4-2-3-5-14(13)19/h2-9,26H,10H2,1H3/t17-/m0/s1. The summed E-state index contributed by atoms with van der Waals surface area (Å²) < 4.78 is 46.2. The number of nitrogens with zero attached hydrogens (tertiary/aromatic N) is 2. The van der Waals surface area contributed by atoms with E-state index in [-0.39, 0.29) is 16.3 Å². The minimum absolute atomic E-state index is 0.0418. The molecule has 1 heterocycles. The first kappa shape index (κ1) is 19.4. The molecule has 1 aliphatic heterocycles. The van der Waals surface area contributed by atoms with Crippen molar-refractivity contribution in [2.45, 2.75) is 18.3 Å². The molecule has 2 aromatic rings. The molecule has 0 saturated carbocycles. The third kappa shape index (κ3) is 3.44. The summed E-state index contributed by atoms with van der Waals surface area (Å²) in [6.45, 7) is 0. The number of methoxy groups -OCH3 is 1. The van der Waals surface area contributed by atoms with Crippen LogP contribution >= 0.6 is 15.9 Å². The van der Waals surface area contributed by atoms with E-state index in [1.165, 1.54) is 37.4 Å². The zero-order valence-corrected chi connectivity index (χ0v) is 15.6. The van der Waals surface area contributed by atoms with Crippen LogP contribution in [-0.4, -0.2) is 40.7 Å². The van der Waals surface area contributed by atoms with E-state index in [1.807, 2.05) is 0 Å². The van der Waals surface area contributed by atoms with Gasteiger partial charge in [0, 0.05) is 4.47 Å². The van der Waals surface area contributed by atoms with E-state index in [0.717, 1.165) is 0 Å². The van der Waals surface area contributed by atoms with Crippen molar-refractivity contribution >= 4 is 27.5 Å². The van der Waals surface area contributed by atoms with Crippen LogP contribution in [0.3, 0.4) is 0 Å². The Morgan fingerprint density at radius 2 is 1.85 bits per heavy atom. The second-order valence-corrected chi connectivity index (χ2v) is 6.72. The highest BCUT2D eigenvalue weighted by atomic mass is 79.9. The van der Waals surface area contributed by atoms with Crippen LogP contribution in [0.25, 0.3) is 0 Å². The molecule has 3 rings (SSSR count). The molecule has 0 unspecified atom stereocenters. The Balaban J connectivity index is 2.05. The number of carbonyl (C=O) groups is 1. The SMILES string of the molecule is COc1ccc(C2=NN(C(=O)c3ccccc3Br)[C@@](O)(C(F)(F)F)C2)cc1. The van der Waals surface area contributed by atoms with Crippen LogP contribution in [-0.2, 0) is 0 Å². The van der Waals surface area contributed by atoms with Gasteiger partial charge in [-0.05, 0) is 57.9 Å². The highest BCUT2D eigenvalue weighted by Crippen LogP contribution is 2.42. The molecule has 5 nitrogen and oxygen atoms in total. The van der Waals surface area contributed by atoms with Crippen LogP contribution in [0.5, 0.6) is 5.75 Å². The topological polar surface area (TPSA) is 62.1 Å². The van der Waals surface area contributed by atoms with Gasteiger partial charge in [-0.25, -0.2) is 0 Å². The van der Waals surface area contributed by atoms with Gasteiger partial charge in [-0.2, -0.15) is 23.3 Å². The predicted molar refractivity (Wildman–Crippen MR) is 95.5 cm³/mol. The number of hydrazone groups is 1. The maximum Gasteiger partial charge on any atom is 0.438 e. The third-order valence-corrected chi connectivity index (χ3v) is 4.85. The van der Waals surface area contributed by atoms with Crippen LogP contribution in [0.1, 0.15) is 22.3 Å². The lowest BCUT2D eigenvalue weighted by molar-refractivity contribution is -0.297. The summed E-state index contributed by atoms with van der Waals surface area (Å²) in [6.07, 6.45) is -5.97. The van der Waals surface area contributed by atoms with Gasteiger partial charge in [0.2, 0.25) is 0 Å². The van der Waals surface area contributed by atoms with Crippen molar-refractivity contribution in [2.24, 2.45) is 5.10 Å². The molecule has 0 spiro atoms. The van der Waals surface area contributed by atoms with Crippen LogP contribution in [0.4, 0.5) is 13.2 Å². The van der Waals surface area contributed by atoms with Crippen LogP contribution < -0.4 is 4.74 Å². The summed E-state index contributed by atoms with van der Waals surface area (Å²) in [4.78, 5) is 12.7. The highest BCUT2D eigenvalue weighted by Gasteiger charge is 2.63. The largest absolute Gasteiger partial charge is 0.497 e. The first-order valence-electron chi connectivity index (χ1n) is 7.77. The maximum atomic E-state index is 13.6. The molecule has 9 heteroatoms. The van der Waals surface area contributed by atoms with Crippen LogP contribution in [0.15, 0.2) is 58.1 Å². The monoisotopic (exact) mass is 442 g/mol. The van der Waals surface area contributed by atoms with Gasteiger partial charge in [0.1, 0.15) is 5.75 Å². The van der Waals surface area contributed by atoms with Crippen molar-refractivity contribution in [1.29, 1.82) is 0 Å². The normalized spacial score (nSPS) is 19.8. The fourth-order valence-electron chi connectivity index (χ4n) is 2.67. The van der Waals surface area contributed by atoms with Crippen molar-refractivity contribution in [3.8, 4) is 5.75 Å². The van der Waals surface area contributed by atoms with E-state index in [0.29, 0.717) is 15.8 Å². The molecule has 0 aromatic heterocycles. The number of ether oxygens (including phenoxy) is 1. The zero-order chi connectivity index (χ0) is 19.8. The third-order valence-electron chi connectivity index (χ3n) is 4.16. The summed E-state index contributed by atoms with van der Waals surface area (Å²) >= 11 is 3.14. The maximum absolute atomic E-state index is 13.6. The lowest BCUT2D eigenvalue weighted by atomic mass is 10.0. The second-order valence-electron chi connectivity index (χ2n) is 5.86. The first-order valence-corrected chi connectivity index (χ1v) is 8.57. The molecule has 0 fully saturated rings. The average molecular weight is 443 g/mol. The molecule has 1 amide bonds. The van der Waals surface area contributed by atoms with Crippen molar-refractivity contribution in [2.75, 3.05) is 7.11 Å². The molecule has 1 aliphatic rings. The molecule has 1 atom stereocenters. The number of alkyl halides is 3. The molecule has 0 bridgehead atoms. The molecule has 2 aromatic carbocycles. The van der Waals surface area contributed by atoms with Gasteiger partial charge >= 0.3 is 6.18 Å². The van der Waals surface area contributed by atoms with Gasteiger partial charge in [0.05, 0.1) is 24.8 Å². The number of hydrogen-bond donors (Lipinski definition) is 1. The number of benzene rings is 2. The fraction of sp³-hybridized carbons (Fsp3) is 0.222. The number of hydrogen-bond acceptors (Lipinski definition) is 4. The van der Waals surface area contributed by atoms with E-state index in [4.69, 9.17) is 4.74 Å². The van der Waals surface area contributed by atoms with Crippen molar-refractivity contribution < 1.29 is 27.8 Å². The lowest BCUT2D eigenvalue weighted by Gasteiger charge is -2.32. The van der Waals surface area contributed by atoms with Crippen molar-refractivity contribution in [3.05, 3.63) is 64.1 Å². The fourth-order valence-corrected chi connectivity index (χ4v) is 3.13. The van der Waals surface area contributed by atoms with Gasteiger partial charge in [0.15, 0.2) is 0 Å². The summed E-state index contributed by atoms with van der Waals surface area (Å²) in [5, 5.41) is 14.3. The Kier molecular flexibility index (Phi) is 5.00. The zero-order valence-electron chi connectivity index (χ0n) is 14.0. The van der Waals surface area contributed by atoms with E-state index < -0.39 is 24.2 Å². The number of rotatable bonds is 3. The Morgan fingerprint density at radius 3 is 2.41 bits per heavy atom. The Morgan fingerprint density at radius 1 is 1.22 bits per heavy atom. The summed E-state index contributed by atoms with van der Waals surface area (Å²) in [6, 6.07) is 12.1. The summed E-state index contributed by atoms with van der Waals surface area (Å²) in [7, 11) is 1.46. The number of aliphatic hydroxyl groups is 1. The van der Waals surface area contributed by atoms with E-state index in [1.54, 1.807) is 18.2 Å². The minimum Gasteiger partial charge on any atom is -0.497 e. The van der Waals surface area contributed by atoms with Gasteiger partial charge in [-0.1, -0.05) is 12.1 Å². The molecule has 0 radical (unpaired) electrons. The molecular formula is C18H14BrF3N2O3. The van der Waals surface area contributed by atoms with E-state index in [2.05, 4.69) is 21.0 Å². The summed E-state index contributed by atoms with van der Waals surface area (Å²) in [5.74, 6) is -0.546. The number of halogens is 4. The molecule has 0 aliphatic carbocycles. The molecular weight excluding hydrogens is 429 g/mol. The molecule has 0 saturated heterocycles. The Bertz CT molecular complexity index is 899. The minimum atomic E-state index is -5.10. The van der Waals surface area contributed by atoms with Gasteiger partial charge in [0.25, 0.3) is 11.6 Å². The second kappa shape index (κ2) is 6.97. The number of carbonyl (C=O) groups excluding carboxylic acids is 1. The smallest absolute Gasteiger partial charge is 0.438 e. The lowest BCUT2D eigenvalue weighted by Crippen LogP contribution is -2.56. The van der Waals surface area contributed by atoms with Gasteiger partial charge < -0.3 is 9.84 Å². The summed E-state index contributed by atoms with van der Waals surface area (Å²) in [5.41, 5.74) is -3.19. The van der Waals surface area contributed by atoms with Crippen LogP contribution in [0, 0.1) is 0 Å². The quantitative estimate of drug-likeness (QED) is 0.782. The highest BCUT2D eigenvalue weighted by molar-refractivity contribution is 9.10. The van der Waals surface area contributed by atoms with Gasteiger partial charge in [-0.3, -0.25) is 4.79 Å². The molecule has 27 heavy (non-hydrogen) atoms. The van der Waals surface area contributed by atoms with Crippen LogP contribution in [0.2, 0.25) is 0 Å². The number of amides is 1. The molecule has 142 valence electrons. The van der Waals surface area contributed by atoms with Crippen molar-refractivity contribution in [3.63, 3.8) is 0 Å². The van der Waals surface area contributed by atoms with Crippen molar-refractivity contribution in [1.82, 2.24) is 5.01 Å². The molecule has 1 N–H and O–H groups in total. The Labute approximate surface area is 161 Å². The van der Waals surface area contributed by atoms with E-state index in [9.17, 15) is 23.1 Å². The Hall–Kier alpha value is -2.39. The average Bonchev–Trinajstić information content (AvgIpc) is 3.00. The van der Waals surface area contributed by atoms with Gasteiger partial charge in [-0.15, -0.1) is 0 Å². The first-order chi connectivity index (χ1) is 12.7. The predicted octanol–water partition coefficient (Wildman–Crippen LogP) is 3.96.